The molecule has 1 aromatic rings. The van der Waals surface area contributed by atoms with E-state index in [1.807, 2.05) is 30.3 Å². The summed E-state index contributed by atoms with van der Waals surface area (Å²) in [6, 6.07) is 8.99. The van der Waals surface area contributed by atoms with Crippen molar-refractivity contribution in [2.24, 2.45) is 5.92 Å². The quantitative estimate of drug-likeness (QED) is 0.484. The van der Waals surface area contributed by atoms with Gasteiger partial charge in [0.1, 0.15) is 6.10 Å². The van der Waals surface area contributed by atoms with Gasteiger partial charge in [-0.1, -0.05) is 68.2 Å². The molecule has 3 aliphatic rings. The number of nitrogens with zero attached hydrogens (tertiary/aromatic N) is 1. The monoisotopic (exact) mass is 544 g/mol. The molecule has 1 aromatic carbocycles. The van der Waals surface area contributed by atoms with Crippen LogP contribution in [0.15, 0.2) is 42.5 Å². The molecule has 9 nitrogen and oxygen atoms in total. The number of allylic oxidation sites excluding steroid dienone is 1. The molecule has 5 atom stereocenters. The number of hydrogen-bond donors (Lipinski definition) is 2. The van der Waals surface area contributed by atoms with Crippen molar-refractivity contribution >= 4 is 12.2 Å². The molecule has 2 N–H and O–H groups in total. The predicted octanol–water partition coefficient (Wildman–Crippen LogP) is 4.58. The van der Waals surface area contributed by atoms with Gasteiger partial charge in [-0.3, -0.25) is 0 Å². The second-order valence-electron chi connectivity index (χ2n) is 10.7. The van der Waals surface area contributed by atoms with Gasteiger partial charge < -0.3 is 34.3 Å². The van der Waals surface area contributed by atoms with Crippen molar-refractivity contribution < 1.29 is 33.6 Å². The van der Waals surface area contributed by atoms with Crippen LogP contribution in [0.25, 0.3) is 0 Å². The molecule has 216 valence electrons. The minimum Gasteiger partial charge on any atom is -0.449 e. The molecule has 0 aliphatic carbocycles. The first-order chi connectivity index (χ1) is 19.1. The van der Waals surface area contributed by atoms with E-state index in [0.717, 1.165) is 37.7 Å². The van der Waals surface area contributed by atoms with Crippen LogP contribution in [-0.2, 0) is 25.4 Å². The van der Waals surface area contributed by atoms with Gasteiger partial charge in [-0.2, -0.15) is 0 Å². The minimum absolute atomic E-state index is 0.0259. The molecule has 3 heterocycles. The summed E-state index contributed by atoms with van der Waals surface area (Å²) in [5.74, 6) is 0.0259. The van der Waals surface area contributed by atoms with E-state index in [9.17, 15) is 14.7 Å². The molecule has 2 fully saturated rings. The average Bonchev–Trinajstić information content (AvgIpc) is 3.55. The summed E-state index contributed by atoms with van der Waals surface area (Å²) in [5.41, 5.74) is 0.960. The highest BCUT2D eigenvalue weighted by Crippen LogP contribution is 2.33. The van der Waals surface area contributed by atoms with Crippen molar-refractivity contribution in [3.8, 4) is 0 Å². The Hall–Kier alpha value is -2.62. The number of amides is 2. The zero-order valence-corrected chi connectivity index (χ0v) is 22.9. The molecule has 0 bridgehead atoms. The number of hydrogen-bond acceptors (Lipinski definition) is 7. The van der Waals surface area contributed by atoms with Crippen molar-refractivity contribution in [2.75, 3.05) is 32.9 Å². The van der Waals surface area contributed by atoms with E-state index >= 15 is 0 Å². The molecular formula is C30H44N2O7. The number of cyclic esters (lactones) is 1. The van der Waals surface area contributed by atoms with E-state index in [1.54, 1.807) is 4.90 Å². The van der Waals surface area contributed by atoms with E-state index in [1.165, 1.54) is 19.3 Å². The summed E-state index contributed by atoms with van der Waals surface area (Å²) in [6.45, 7) is 1.74. The molecule has 0 radical (unpaired) electrons. The molecule has 39 heavy (non-hydrogen) atoms. The fourth-order valence-corrected chi connectivity index (χ4v) is 5.45. The molecule has 4 rings (SSSR count). The van der Waals surface area contributed by atoms with E-state index in [-0.39, 0.29) is 24.9 Å². The van der Waals surface area contributed by atoms with Crippen LogP contribution in [0.3, 0.4) is 0 Å². The third-order valence-corrected chi connectivity index (χ3v) is 7.70. The summed E-state index contributed by atoms with van der Waals surface area (Å²) >= 11 is 0. The Bertz CT molecular complexity index is 912. The van der Waals surface area contributed by atoms with Gasteiger partial charge in [-0.05, 0) is 44.1 Å². The van der Waals surface area contributed by atoms with E-state index in [4.69, 9.17) is 18.9 Å². The Labute approximate surface area is 231 Å². The number of β-amino-alcohol motifs (C(OH)–C–C–N with tert-alkyl or cyclic N) is 1. The Morgan fingerprint density at radius 1 is 1.03 bits per heavy atom. The number of rotatable bonds is 7. The molecule has 0 saturated carbocycles. The first kappa shape index (κ1) is 29.4. The number of alkyl carbamates (subject to hydrolysis) is 1. The Kier molecular flexibility index (Phi) is 11.9. The lowest BCUT2D eigenvalue weighted by molar-refractivity contribution is -0.0907. The van der Waals surface area contributed by atoms with Crippen LogP contribution >= 0.6 is 0 Å². The van der Waals surface area contributed by atoms with Gasteiger partial charge in [0.2, 0.25) is 0 Å². The molecular weight excluding hydrogens is 500 g/mol. The number of carbonyl (C=O) groups excluding carboxylic acids is 2. The lowest BCUT2D eigenvalue weighted by atomic mass is 10.0. The van der Waals surface area contributed by atoms with Crippen LogP contribution in [0.2, 0.25) is 0 Å². The van der Waals surface area contributed by atoms with Crippen molar-refractivity contribution in [3.05, 3.63) is 48.0 Å². The molecule has 9 heteroatoms. The van der Waals surface area contributed by atoms with Crippen LogP contribution in [0.4, 0.5) is 9.59 Å². The second kappa shape index (κ2) is 15.8. The molecule has 0 unspecified atom stereocenters. The van der Waals surface area contributed by atoms with Gasteiger partial charge in [0.15, 0.2) is 6.29 Å². The average molecular weight is 545 g/mol. The summed E-state index contributed by atoms with van der Waals surface area (Å²) in [6.07, 6.45) is 10.9. The molecule has 0 spiro atoms. The largest absolute Gasteiger partial charge is 0.449 e. The molecule has 3 aliphatic heterocycles. The number of nitrogens with one attached hydrogen (secondary N) is 1. The highest BCUT2D eigenvalue weighted by Gasteiger charge is 2.44. The lowest BCUT2D eigenvalue weighted by Gasteiger charge is -2.30. The fourth-order valence-electron chi connectivity index (χ4n) is 5.45. The van der Waals surface area contributed by atoms with Crippen molar-refractivity contribution in [1.29, 1.82) is 0 Å². The zero-order chi connectivity index (χ0) is 27.3. The lowest BCUT2D eigenvalue weighted by Crippen LogP contribution is -2.51. The number of ether oxygens (including phenoxy) is 4. The van der Waals surface area contributed by atoms with Crippen LogP contribution in [0.5, 0.6) is 0 Å². The zero-order valence-electron chi connectivity index (χ0n) is 22.9. The molecule has 0 aromatic heterocycles. The standard InChI is InChI=1S/C30H44N2O7/c33-26(21-32-17-12-7-5-3-1-2-4-6-8-13-18-37-30(32)35)25(20-23-14-10-9-11-15-23)31-29(34)39-27-22-38-28-24(27)16-19-36-28/h6,8-11,14-15,24-28,33H,1-5,7,12-13,16-22H2,(H,31,34)/b8-6+/t24-,25-,26+,27-,28+/m0/s1. The van der Waals surface area contributed by atoms with E-state index in [2.05, 4.69) is 17.5 Å². The van der Waals surface area contributed by atoms with Crippen molar-refractivity contribution in [3.63, 3.8) is 0 Å². The first-order valence-corrected chi connectivity index (χ1v) is 14.6. The van der Waals surface area contributed by atoms with Crippen LogP contribution in [0.1, 0.15) is 63.4 Å². The van der Waals surface area contributed by atoms with Gasteiger partial charge in [0, 0.05) is 6.54 Å². The summed E-state index contributed by atoms with van der Waals surface area (Å²) in [4.78, 5) is 27.5. The SMILES string of the molecule is O=C(N[C@@H](Cc1ccccc1)[C@H](O)CN1CCCCCCCC/C=C/CCOC1=O)O[C@H]1CO[C@H]2OCC[C@H]21. The van der Waals surface area contributed by atoms with Crippen molar-refractivity contribution in [2.45, 2.75) is 88.7 Å². The maximum Gasteiger partial charge on any atom is 0.409 e. The Morgan fingerprint density at radius 3 is 2.64 bits per heavy atom. The maximum absolute atomic E-state index is 13.0. The summed E-state index contributed by atoms with van der Waals surface area (Å²) in [5, 5.41) is 14.2. The van der Waals surface area contributed by atoms with E-state index < -0.39 is 24.3 Å². The highest BCUT2D eigenvalue weighted by atomic mass is 16.7. The smallest absolute Gasteiger partial charge is 0.409 e. The Morgan fingerprint density at radius 2 is 1.79 bits per heavy atom. The van der Waals surface area contributed by atoms with Gasteiger partial charge in [-0.15, -0.1) is 0 Å². The molecule has 2 amide bonds. The predicted molar refractivity (Wildman–Crippen MR) is 146 cm³/mol. The third-order valence-electron chi connectivity index (χ3n) is 7.70. The molecule has 2 saturated heterocycles. The van der Waals surface area contributed by atoms with E-state index in [0.29, 0.717) is 39.2 Å². The van der Waals surface area contributed by atoms with Crippen molar-refractivity contribution in [1.82, 2.24) is 10.2 Å². The van der Waals surface area contributed by atoms with Crippen LogP contribution in [-0.4, -0.2) is 79.6 Å². The second-order valence-corrected chi connectivity index (χ2v) is 10.7. The Balaban J connectivity index is 1.38. The number of aliphatic hydroxyl groups is 1. The van der Waals surface area contributed by atoms with Gasteiger partial charge in [0.05, 0.1) is 44.4 Å². The normalized spacial score (nSPS) is 27.4. The number of fused-ring (bicyclic) bond motifs is 1. The number of benzene rings is 1. The third kappa shape index (κ3) is 9.51. The van der Waals surface area contributed by atoms with Gasteiger partial charge in [-0.25, -0.2) is 9.59 Å². The minimum atomic E-state index is -1.02. The number of carbonyl (C=O) groups is 2. The van der Waals surface area contributed by atoms with Gasteiger partial charge in [0.25, 0.3) is 0 Å². The fraction of sp³-hybridized carbons (Fsp3) is 0.667. The summed E-state index contributed by atoms with van der Waals surface area (Å²) in [7, 11) is 0. The number of aliphatic hydroxyl groups excluding tert-OH is 1. The topological polar surface area (TPSA) is 107 Å². The summed E-state index contributed by atoms with van der Waals surface area (Å²) < 4.78 is 22.3. The first-order valence-electron chi connectivity index (χ1n) is 14.6. The highest BCUT2D eigenvalue weighted by molar-refractivity contribution is 5.68. The maximum atomic E-state index is 13.0. The van der Waals surface area contributed by atoms with Crippen LogP contribution < -0.4 is 5.32 Å². The van der Waals surface area contributed by atoms with Crippen LogP contribution in [0, 0.1) is 5.92 Å². The van der Waals surface area contributed by atoms with Gasteiger partial charge >= 0.3 is 12.2 Å².